The maximum Gasteiger partial charge on any atom is 0.155 e. The van der Waals surface area contributed by atoms with Gasteiger partial charge in [-0.15, -0.1) is 0 Å². The first-order valence-electron chi connectivity index (χ1n) is 4.26. The number of amidine groups is 1. The Kier molecular flexibility index (Phi) is 1.73. The Labute approximate surface area is 81.1 Å². The molecule has 0 aliphatic carbocycles. The van der Waals surface area contributed by atoms with Gasteiger partial charge in [-0.1, -0.05) is 0 Å². The lowest BCUT2D eigenvalue weighted by Crippen LogP contribution is -2.11. The minimum atomic E-state index is -0.0363. The van der Waals surface area contributed by atoms with Crippen LogP contribution in [0.15, 0.2) is 12.3 Å². The molecule has 5 heteroatoms. The van der Waals surface area contributed by atoms with E-state index in [9.17, 15) is 0 Å². The molecular formula is C9H11N5. The SMILES string of the molecule is Cc1cn2nc(C(=N)N)cc2nc1C. The molecule has 72 valence electrons. The summed E-state index contributed by atoms with van der Waals surface area (Å²) in [6, 6.07) is 1.70. The molecule has 0 radical (unpaired) electrons. The van der Waals surface area contributed by atoms with Crippen molar-refractivity contribution in [1.82, 2.24) is 14.6 Å². The van der Waals surface area contributed by atoms with Crippen LogP contribution in [-0.2, 0) is 0 Å². The summed E-state index contributed by atoms with van der Waals surface area (Å²) in [4.78, 5) is 4.33. The minimum absolute atomic E-state index is 0.0363. The maximum absolute atomic E-state index is 7.25. The predicted molar refractivity (Wildman–Crippen MR) is 53.5 cm³/mol. The van der Waals surface area contributed by atoms with Crippen molar-refractivity contribution in [3.8, 4) is 0 Å². The van der Waals surface area contributed by atoms with Crippen LogP contribution < -0.4 is 5.73 Å². The van der Waals surface area contributed by atoms with Crippen LogP contribution in [0.2, 0.25) is 0 Å². The van der Waals surface area contributed by atoms with Crippen LogP contribution in [-0.4, -0.2) is 20.4 Å². The van der Waals surface area contributed by atoms with Crippen molar-refractivity contribution in [2.45, 2.75) is 13.8 Å². The average Bonchev–Trinajstić information content (AvgIpc) is 2.48. The zero-order chi connectivity index (χ0) is 10.3. The Morgan fingerprint density at radius 2 is 2.21 bits per heavy atom. The van der Waals surface area contributed by atoms with E-state index in [4.69, 9.17) is 11.1 Å². The molecular weight excluding hydrogens is 178 g/mol. The van der Waals surface area contributed by atoms with E-state index in [1.807, 2.05) is 20.0 Å². The minimum Gasteiger partial charge on any atom is -0.382 e. The Bertz CT molecular complexity index is 472. The standard InChI is InChI=1S/C9H11N5/c1-5-4-14-8(12-6(5)2)3-7(13-14)9(10)11/h3-4H,1-2H3,(H3,10,11). The maximum atomic E-state index is 7.25. The highest BCUT2D eigenvalue weighted by Gasteiger charge is 2.06. The van der Waals surface area contributed by atoms with Crippen molar-refractivity contribution in [3.63, 3.8) is 0 Å². The Hall–Kier alpha value is -1.91. The molecule has 0 aliphatic heterocycles. The summed E-state index contributed by atoms with van der Waals surface area (Å²) < 4.78 is 1.64. The van der Waals surface area contributed by atoms with Gasteiger partial charge in [-0.25, -0.2) is 9.50 Å². The highest BCUT2D eigenvalue weighted by molar-refractivity contribution is 5.93. The third-order valence-corrected chi connectivity index (χ3v) is 2.16. The molecule has 0 atom stereocenters. The molecule has 0 aliphatic rings. The number of hydrogen-bond acceptors (Lipinski definition) is 3. The van der Waals surface area contributed by atoms with Gasteiger partial charge in [0.05, 0.1) is 0 Å². The highest BCUT2D eigenvalue weighted by Crippen LogP contribution is 2.08. The fraction of sp³-hybridized carbons (Fsp3) is 0.222. The van der Waals surface area contributed by atoms with Crippen molar-refractivity contribution in [2.24, 2.45) is 5.73 Å². The van der Waals surface area contributed by atoms with Crippen LogP contribution >= 0.6 is 0 Å². The van der Waals surface area contributed by atoms with Gasteiger partial charge in [-0.3, -0.25) is 5.41 Å². The Balaban J connectivity index is 2.72. The number of nitrogens with two attached hydrogens (primary N) is 1. The van der Waals surface area contributed by atoms with Crippen LogP contribution in [0.5, 0.6) is 0 Å². The third kappa shape index (κ3) is 1.22. The molecule has 2 heterocycles. The normalized spacial score (nSPS) is 10.7. The van der Waals surface area contributed by atoms with Crippen LogP contribution in [0, 0.1) is 19.3 Å². The third-order valence-electron chi connectivity index (χ3n) is 2.16. The van der Waals surface area contributed by atoms with E-state index >= 15 is 0 Å². The monoisotopic (exact) mass is 189 g/mol. The molecule has 14 heavy (non-hydrogen) atoms. The van der Waals surface area contributed by atoms with Crippen molar-refractivity contribution in [1.29, 1.82) is 5.41 Å². The van der Waals surface area contributed by atoms with E-state index in [2.05, 4.69) is 10.1 Å². The van der Waals surface area contributed by atoms with Gasteiger partial charge in [0.25, 0.3) is 0 Å². The summed E-state index contributed by atoms with van der Waals surface area (Å²) in [7, 11) is 0. The highest BCUT2D eigenvalue weighted by atomic mass is 15.3. The van der Waals surface area contributed by atoms with Crippen LogP contribution in [0.25, 0.3) is 5.65 Å². The molecule has 2 aromatic rings. The summed E-state index contributed by atoms with van der Waals surface area (Å²) in [5, 5.41) is 11.4. The average molecular weight is 189 g/mol. The second-order valence-electron chi connectivity index (χ2n) is 3.26. The van der Waals surface area contributed by atoms with Crippen molar-refractivity contribution >= 4 is 11.5 Å². The lowest BCUT2D eigenvalue weighted by Gasteiger charge is -1.98. The lowest BCUT2D eigenvalue weighted by molar-refractivity contribution is 0.909. The lowest BCUT2D eigenvalue weighted by atomic mass is 10.3. The van der Waals surface area contributed by atoms with E-state index < -0.39 is 0 Å². The van der Waals surface area contributed by atoms with E-state index in [1.54, 1.807) is 10.6 Å². The summed E-state index contributed by atoms with van der Waals surface area (Å²) in [5.41, 5.74) is 8.55. The quantitative estimate of drug-likeness (QED) is 0.510. The van der Waals surface area contributed by atoms with Gasteiger partial charge in [0.2, 0.25) is 0 Å². The van der Waals surface area contributed by atoms with Crippen molar-refractivity contribution in [3.05, 3.63) is 29.2 Å². The first kappa shape index (κ1) is 8.68. The van der Waals surface area contributed by atoms with E-state index in [0.717, 1.165) is 16.9 Å². The van der Waals surface area contributed by atoms with Crippen molar-refractivity contribution < 1.29 is 0 Å². The summed E-state index contributed by atoms with van der Waals surface area (Å²) in [5.74, 6) is -0.0363. The van der Waals surface area contributed by atoms with Crippen LogP contribution in [0.3, 0.4) is 0 Å². The Morgan fingerprint density at radius 1 is 1.50 bits per heavy atom. The van der Waals surface area contributed by atoms with Gasteiger partial charge in [0, 0.05) is 18.0 Å². The van der Waals surface area contributed by atoms with E-state index in [-0.39, 0.29) is 5.84 Å². The zero-order valence-electron chi connectivity index (χ0n) is 8.07. The Morgan fingerprint density at radius 3 is 2.86 bits per heavy atom. The number of hydrogen-bond donors (Lipinski definition) is 2. The molecule has 0 fully saturated rings. The number of fused-ring (bicyclic) bond motifs is 1. The summed E-state index contributed by atoms with van der Waals surface area (Å²) in [6.07, 6.45) is 1.88. The molecule has 0 saturated heterocycles. The summed E-state index contributed by atoms with van der Waals surface area (Å²) >= 11 is 0. The topological polar surface area (TPSA) is 80.1 Å². The molecule has 0 unspecified atom stereocenters. The number of aryl methyl sites for hydroxylation is 2. The molecule has 3 N–H and O–H groups in total. The fourth-order valence-electron chi connectivity index (χ4n) is 1.23. The number of rotatable bonds is 1. The first-order valence-corrected chi connectivity index (χ1v) is 4.26. The predicted octanol–water partition coefficient (Wildman–Crippen LogP) is 0.630. The first-order chi connectivity index (χ1) is 6.58. The largest absolute Gasteiger partial charge is 0.382 e. The van der Waals surface area contributed by atoms with Crippen molar-refractivity contribution in [2.75, 3.05) is 0 Å². The van der Waals surface area contributed by atoms with Gasteiger partial charge in [-0.2, -0.15) is 5.10 Å². The smallest absolute Gasteiger partial charge is 0.155 e. The number of nitrogens with zero attached hydrogens (tertiary/aromatic N) is 3. The van der Waals surface area contributed by atoms with Gasteiger partial charge in [-0.05, 0) is 19.4 Å². The molecule has 5 nitrogen and oxygen atoms in total. The van der Waals surface area contributed by atoms with Gasteiger partial charge >= 0.3 is 0 Å². The van der Waals surface area contributed by atoms with E-state index in [0.29, 0.717) is 5.69 Å². The molecule has 2 rings (SSSR count). The second kappa shape index (κ2) is 2.80. The molecule has 0 amide bonds. The fourth-order valence-corrected chi connectivity index (χ4v) is 1.23. The van der Waals surface area contributed by atoms with Crippen LogP contribution in [0.4, 0.5) is 0 Å². The zero-order valence-corrected chi connectivity index (χ0v) is 8.07. The number of nitrogens with one attached hydrogen (secondary N) is 1. The molecule has 2 aromatic heterocycles. The molecule has 0 aromatic carbocycles. The van der Waals surface area contributed by atoms with Gasteiger partial charge < -0.3 is 5.73 Å². The molecule has 0 bridgehead atoms. The van der Waals surface area contributed by atoms with Gasteiger partial charge in [0.15, 0.2) is 5.65 Å². The van der Waals surface area contributed by atoms with Crippen LogP contribution in [0.1, 0.15) is 17.0 Å². The molecule has 0 saturated carbocycles. The van der Waals surface area contributed by atoms with Gasteiger partial charge in [0.1, 0.15) is 11.5 Å². The second-order valence-corrected chi connectivity index (χ2v) is 3.26. The summed E-state index contributed by atoms with van der Waals surface area (Å²) in [6.45, 7) is 3.91. The van der Waals surface area contributed by atoms with E-state index in [1.165, 1.54) is 0 Å². The number of nitrogen functional groups attached to an aromatic ring is 1. The molecule has 0 spiro atoms. The number of aromatic nitrogens is 3.